The Bertz CT molecular complexity index is 718. The number of aromatic nitrogens is 4. The van der Waals surface area contributed by atoms with Crippen LogP contribution in [0, 0.1) is 6.92 Å². The van der Waals surface area contributed by atoms with E-state index in [1.54, 1.807) is 6.92 Å². The van der Waals surface area contributed by atoms with Gasteiger partial charge in [-0.05, 0) is 38.7 Å². The van der Waals surface area contributed by atoms with Gasteiger partial charge in [0.25, 0.3) is 5.91 Å². The van der Waals surface area contributed by atoms with E-state index in [1.165, 1.54) is 12.8 Å². The summed E-state index contributed by atoms with van der Waals surface area (Å²) in [5.74, 6) is 1.85. The summed E-state index contributed by atoms with van der Waals surface area (Å²) in [4.78, 5) is 14.7. The zero-order valence-electron chi connectivity index (χ0n) is 13.5. The molecule has 2 fully saturated rings. The van der Waals surface area contributed by atoms with Gasteiger partial charge in [0.2, 0.25) is 11.8 Å². The molecule has 23 heavy (non-hydrogen) atoms. The summed E-state index contributed by atoms with van der Waals surface area (Å²) in [5.41, 5.74) is 1.60. The van der Waals surface area contributed by atoms with Crippen molar-refractivity contribution in [2.75, 3.05) is 6.54 Å². The molecule has 0 aromatic carbocycles. The van der Waals surface area contributed by atoms with Gasteiger partial charge in [-0.3, -0.25) is 9.89 Å². The van der Waals surface area contributed by atoms with Gasteiger partial charge in [-0.15, -0.1) is 10.2 Å². The third-order valence-corrected chi connectivity index (χ3v) is 4.94. The molecule has 1 aliphatic heterocycles. The molecule has 0 radical (unpaired) electrons. The summed E-state index contributed by atoms with van der Waals surface area (Å²) in [6.45, 7) is 4.58. The highest BCUT2D eigenvalue weighted by Gasteiger charge is 2.36. The van der Waals surface area contributed by atoms with E-state index < -0.39 is 0 Å². The van der Waals surface area contributed by atoms with E-state index in [0.717, 1.165) is 25.1 Å². The van der Waals surface area contributed by atoms with Crippen LogP contribution < -0.4 is 0 Å². The SMILES string of the molecule is Cc1nnc([C@H]2CCCN(C(=O)c3cc(C4CC4)[nH]n3)[C@H]2C)o1. The molecule has 7 nitrogen and oxygen atoms in total. The van der Waals surface area contributed by atoms with E-state index in [1.807, 2.05) is 11.0 Å². The van der Waals surface area contributed by atoms with Crippen molar-refractivity contribution < 1.29 is 9.21 Å². The van der Waals surface area contributed by atoms with E-state index in [0.29, 0.717) is 23.4 Å². The Labute approximate surface area is 134 Å². The minimum Gasteiger partial charge on any atom is -0.425 e. The number of likely N-dealkylation sites (tertiary alicyclic amines) is 1. The van der Waals surface area contributed by atoms with Crippen LogP contribution in [0.15, 0.2) is 10.5 Å². The van der Waals surface area contributed by atoms with Crippen LogP contribution in [0.25, 0.3) is 0 Å². The van der Waals surface area contributed by atoms with Gasteiger partial charge in [-0.2, -0.15) is 5.10 Å². The predicted octanol–water partition coefficient (Wildman–Crippen LogP) is 2.39. The topological polar surface area (TPSA) is 87.9 Å². The van der Waals surface area contributed by atoms with E-state index in [2.05, 4.69) is 27.3 Å². The summed E-state index contributed by atoms with van der Waals surface area (Å²) < 4.78 is 5.59. The second-order valence-corrected chi connectivity index (χ2v) is 6.63. The van der Waals surface area contributed by atoms with Crippen molar-refractivity contribution in [2.45, 2.75) is 57.4 Å². The van der Waals surface area contributed by atoms with Crippen molar-refractivity contribution in [2.24, 2.45) is 0 Å². The predicted molar refractivity (Wildman–Crippen MR) is 82.1 cm³/mol. The number of H-pyrrole nitrogens is 1. The molecule has 2 aromatic rings. The molecular weight excluding hydrogens is 294 g/mol. The summed E-state index contributed by atoms with van der Waals surface area (Å²) >= 11 is 0. The fourth-order valence-corrected chi connectivity index (χ4v) is 3.42. The Hall–Kier alpha value is -2.18. The van der Waals surface area contributed by atoms with Gasteiger partial charge in [0.05, 0.1) is 5.92 Å². The second kappa shape index (κ2) is 5.47. The largest absolute Gasteiger partial charge is 0.425 e. The summed E-state index contributed by atoms with van der Waals surface area (Å²) in [6, 6.07) is 1.94. The van der Waals surface area contributed by atoms with Crippen LogP contribution in [-0.2, 0) is 0 Å². The highest BCUT2D eigenvalue weighted by Crippen LogP contribution is 2.39. The van der Waals surface area contributed by atoms with E-state index in [-0.39, 0.29) is 17.9 Å². The molecule has 2 atom stereocenters. The minimum absolute atomic E-state index is 0.0124. The number of nitrogens with zero attached hydrogens (tertiary/aromatic N) is 4. The number of aromatic amines is 1. The molecule has 4 rings (SSSR count). The molecule has 0 spiro atoms. The lowest BCUT2D eigenvalue weighted by atomic mass is 9.90. The molecule has 3 heterocycles. The molecule has 7 heteroatoms. The van der Waals surface area contributed by atoms with Crippen molar-refractivity contribution in [1.29, 1.82) is 0 Å². The Kier molecular flexibility index (Phi) is 3.43. The molecule has 0 bridgehead atoms. The van der Waals surface area contributed by atoms with Crippen LogP contribution in [0.4, 0.5) is 0 Å². The van der Waals surface area contributed by atoms with Crippen molar-refractivity contribution >= 4 is 5.91 Å². The lowest BCUT2D eigenvalue weighted by Crippen LogP contribution is -2.46. The number of hydrogen-bond acceptors (Lipinski definition) is 5. The number of rotatable bonds is 3. The first-order chi connectivity index (χ1) is 11.1. The van der Waals surface area contributed by atoms with Crippen LogP contribution in [0.3, 0.4) is 0 Å². The number of nitrogens with one attached hydrogen (secondary N) is 1. The Morgan fingerprint density at radius 1 is 1.35 bits per heavy atom. The van der Waals surface area contributed by atoms with Crippen LogP contribution in [0.5, 0.6) is 0 Å². The van der Waals surface area contributed by atoms with Crippen LogP contribution >= 0.6 is 0 Å². The van der Waals surface area contributed by atoms with Crippen LogP contribution in [0.1, 0.15) is 72.4 Å². The quantitative estimate of drug-likeness (QED) is 0.939. The average Bonchev–Trinajstić information content (AvgIpc) is 3.12. The monoisotopic (exact) mass is 315 g/mol. The summed E-state index contributed by atoms with van der Waals surface area (Å²) in [6.07, 6.45) is 4.27. The zero-order valence-corrected chi connectivity index (χ0v) is 13.5. The molecule has 1 saturated heterocycles. The van der Waals surface area contributed by atoms with Gasteiger partial charge in [-0.25, -0.2) is 0 Å². The molecular formula is C16H21N5O2. The van der Waals surface area contributed by atoms with Crippen LogP contribution in [0.2, 0.25) is 0 Å². The van der Waals surface area contributed by atoms with Crippen molar-refractivity contribution in [3.8, 4) is 0 Å². The van der Waals surface area contributed by atoms with Crippen molar-refractivity contribution in [1.82, 2.24) is 25.3 Å². The molecule has 1 N–H and O–H groups in total. The van der Waals surface area contributed by atoms with Gasteiger partial charge in [0.1, 0.15) is 5.69 Å². The third kappa shape index (κ3) is 2.64. The highest BCUT2D eigenvalue weighted by molar-refractivity contribution is 5.92. The maximum atomic E-state index is 12.8. The number of carbonyl (C=O) groups excluding carboxylic acids is 1. The lowest BCUT2D eigenvalue weighted by molar-refractivity contribution is 0.0576. The van der Waals surface area contributed by atoms with E-state index >= 15 is 0 Å². The van der Waals surface area contributed by atoms with Gasteiger partial charge < -0.3 is 9.32 Å². The summed E-state index contributed by atoms with van der Waals surface area (Å²) in [7, 11) is 0. The summed E-state index contributed by atoms with van der Waals surface area (Å²) in [5, 5.41) is 15.3. The van der Waals surface area contributed by atoms with Crippen LogP contribution in [-0.4, -0.2) is 43.8 Å². The van der Waals surface area contributed by atoms with E-state index in [9.17, 15) is 4.79 Å². The van der Waals surface area contributed by atoms with Crippen molar-refractivity contribution in [3.05, 3.63) is 29.2 Å². The Morgan fingerprint density at radius 3 is 2.87 bits per heavy atom. The number of amides is 1. The molecule has 0 unspecified atom stereocenters. The van der Waals surface area contributed by atoms with Gasteiger partial charge in [-0.1, -0.05) is 0 Å². The Morgan fingerprint density at radius 2 is 2.17 bits per heavy atom. The molecule has 1 aliphatic carbocycles. The fraction of sp³-hybridized carbons (Fsp3) is 0.625. The number of aryl methyl sites for hydroxylation is 1. The normalized spacial score (nSPS) is 24.9. The smallest absolute Gasteiger partial charge is 0.274 e. The van der Waals surface area contributed by atoms with Gasteiger partial charge in [0, 0.05) is 31.1 Å². The van der Waals surface area contributed by atoms with Gasteiger partial charge >= 0.3 is 0 Å². The second-order valence-electron chi connectivity index (χ2n) is 6.63. The van der Waals surface area contributed by atoms with Crippen molar-refractivity contribution in [3.63, 3.8) is 0 Å². The highest BCUT2D eigenvalue weighted by atomic mass is 16.4. The minimum atomic E-state index is -0.0124. The lowest BCUT2D eigenvalue weighted by Gasteiger charge is -2.37. The molecule has 122 valence electrons. The first-order valence-electron chi connectivity index (χ1n) is 8.29. The fourth-order valence-electron chi connectivity index (χ4n) is 3.42. The molecule has 2 aliphatic rings. The molecule has 1 amide bonds. The van der Waals surface area contributed by atoms with Gasteiger partial charge in [0.15, 0.2) is 0 Å². The average molecular weight is 315 g/mol. The molecule has 2 aromatic heterocycles. The Balaban J connectivity index is 1.53. The maximum Gasteiger partial charge on any atom is 0.274 e. The first-order valence-corrected chi connectivity index (χ1v) is 8.29. The third-order valence-electron chi connectivity index (χ3n) is 4.94. The zero-order chi connectivity index (χ0) is 16.0. The van der Waals surface area contributed by atoms with E-state index in [4.69, 9.17) is 4.42 Å². The first kappa shape index (κ1) is 14.4. The number of hydrogen-bond donors (Lipinski definition) is 1. The maximum absolute atomic E-state index is 12.8. The molecule has 1 saturated carbocycles. The number of carbonyl (C=O) groups is 1. The number of piperidine rings is 1. The standard InChI is InChI=1S/C16H21N5O2/c1-9-12(15-20-17-10(2)23-15)4-3-7-21(9)16(22)14-8-13(18-19-14)11-5-6-11/h8-9,11-12H,3-7H2,1-2H3,(H,18,19)/t9-,12-/m0/s1.